The molecule has 10 heteroatoms. The molecule has 0 aliphatic carbocycles. The van der Waals surface area contributed by atoms with Crippen molar-refractivity contribution in [3.8, 4) is 0 Å². The molecule has 0 aromatic heterocycles. The van der Waals surface area contributed by atoms with Gasteiger partial charge < -0.3 is 10.0 Å². The molecule has 0 bridgehead atoms. The summed E-state index contributed by atoms with van der Waals surface area (Å²) in [4.78, 5) is 12.5. The molecule has 1 amide bonds. The number of carbonyl (C=O) groups excluding carboxylic acids is 1. The fourth-order valence-corrected chi connectivity index (χ4v) is 4.68. The Kier molecular flexibility index (Phi) is 6.03. The number of rotatable bonds is 7. The molecule has 1 aromatic rings. The van der Waals surface area contributed by atoms with E-state index in [0.29, 0.717) is 17.3 Å². The Morgan fingerprint density at radius 3 is 2.96 bits per heavy atom. The highest BCUT2D eigenvalue weighted by Crippen LogP contribution is 2.34. The summed E-state index contributed by atoms with van der Waals surface area (Å²) in [7, 11) is -3.93. The zero-order chi connectivity index (χ0) is 19.4. The second-order valence-corrected chi connectivity index (χ2v) is 8.74. The van der Waals surface area contributed by atoms with Crippen LogP contribution in [-0.4, -0.2) is 25.2 Å². The number of hydrogen-bond acceptors (Lipinski definition) is 6. The number of hydrogen-bond donors (Lipinski definition) is 3. The van der Waals surface area contributed by atoms with Gasteiger partial charge in [0.1, 0.15) is 4.91 Å². The van der Waals surface area contributed by atoms with Crippen molar-refractivity contribution >= 4 is 45.4 Å². The number of sulfonamides is 1. The molecular weight excluding hydrogens is 408 g/mol. The number of benzene rings is 1. The fraction of sp³-hybridized carbons (Fsp3) is 0.235. The summed E-state index contributed by atoms with van der Waals surface area (Å²) in [6.07, 6.45) is 8.29. The van der Waals surface area contributed by atoms with Crippen molar-refractivity contribution in [2.75, 3.05) is 11.3 Å². The molecule has 144 valence electrons. The Hall–Kier alpha value is -2.10. The third-order valence-corrected chi connectivity index (χ3v) is 6.27. The number of fused-ring (bicyclic) bond motifs is 1. The summed E-state index contributed by atoms with van der Waals surface area (Å²) in [6, 6.07) is 4.49. The molecule has 1 aromatic carbocycles. The molecule has 0 saturated carbocycles. The standard InChI is InChI=1S/C17H19ClN4O3S2/c1-2-3-8-19-17(23)13-7-6-12(18)10-14(13)21-27(24,25)16-5-4-9-22-15(16)11-20-26-22/h4-7,9-11,20-21H,2-3,8H2,1H3,(H,19,23). The van der Waals surface area contributed by atoms with Crippen molar-refractivity contribution in [2.24, 2.45) is 0 Å². The molecule has 0 fully saturated rings. The van der Waals surface area contributed by atoms with Crippen molar-refractivity contribution in [1.29, 1.82) is 0 Å². The topological polar surface area (TPSA) is 90.5 Å². The van der Waals surface area contributed by atoms with Gasteiger partial charge in [0.25, 0.3) is 15.9 Å². The normalized spacial score (nSPS) is 15.6. The largest absolute Gasteiger partial charge is 0.352 e. The van der Waals surface area contributed by atoms with Crippen LogP contribution in [0.4, 0.5) is 5.69 Å². The zero-order valence-electron chi connectivity index (χ0n) is 14.5. The van der Waals surface area contributed by atoms with E-state index in [9.17, 15) is 13.2 Å². The minimum Gasteiger partial charge on any atom is -0.352 e. The van der Waals surface area contributed by atoms with E-state index in [-0.39, 0.29) is 22.1 Å². The molecule has 0 radical (unpaired) electrons. The SMILES string of the molecule is CCCCNC(=O)c1ccc(Cl)cc1NS(=O)(=O)C1=CC=CN2SNC=C12. The highest BCUT2D eigenvalue weighted by Gasteiger charge is 2.30. The van der Waals surface area contributed by atoms with Crippen LogP contribution in [0.25, 0.3) is 0 Å². The number of nitrogens with one attached hydrogen (secondary N) is 3. The molecule has 3 rings (SSSR count). The van der Waals surface area contributed by atoms with Crippen molar-refractivity contribution in [3.63, 3.8) is 0 Å². The Morgan fingerprint density at radius 2 is 2.19 bits per heavy atom. The lowest BCUT2D eigenvalue weighted by molar-refractivity contribution is 0.0954. The van der Waals surface area contributed by atoms with Gasteiger partial charge in [-0.3, -0.25) is 13.8 Å². The van der Waals surface area contributed by atoms with Gasteiger partial charge in [-0.05, 0) is 36.8 Å². The molecule has 0 spiro atoms. The average Bonchev–Trinajstić information content (AvgIpc) is 3.10. The van der Waals surface area contributed by atoms with E-state index in [4.69, 9.17) is 11.6 Å². The van der Waals surface area contributed by atoms with Crippen molar-refractivity contribution in [1.82, 2.24) is 14.3 Å². The maximum Gasteiger partial charge on any atom is 0.264 e. The first kappa shape index (κ1) is 19.7. The average molecular weight is 427 g/mol. The zero-order valence-corrected chi connectivity index (χ0v) is 16.9. The molecule has 3 N–H and O–H groups in total. The summed E-state index contributed by atoms with van der Waals surface area (Å²) in [5, 5.41) is 3.11. The summed E-state index contributed by atoms with van der Waals surface area (Å²) in [5.74, 6) is -0.353. The minimum atomic E-state index is -3.93. The van der Waals surface area contributed by atoms with Gasteiger partial charge in [-0.1, -0.05) is 24.9 Å². The first-order valence-corrected chi connectivity index (χ1v) is 11.0. The van der Waals surface area contributed by atoms with Crippen LogP contribution >= 0.6 is 23.7 Å². The molecule has 2 aliphatic heterocycles. The van der Waals surface area contributed by atoms with Crippen LogP contribution in [0.2, 0.25) is 5.02 Å². The van der Waals surface area contributed by atoms with E-state index in [0.717, 1.165) is 12.8 Å². The Morgan fingerprint density at radius 1 is 1.37 bits per heavy atom. The van der Waals surface area contributed by atoms with Crippen molar-refractivity contribution in [2.45, 2.75) is 19.8 Å². The Bertz CT molecular complexity index is 941. The molecule has 0 atom stereocenters. The number of carbonyl (C=O) groups is 1. The number of anilines is 1. The summed E-state index contributed by atoms with van der Waals surface area (Å²) < 4.78 is 33.0. The molecule has 0 saturated heterocycles. The van der Waals surface area contributed by atoms with Crippen LogP contribution < -0.4 is 14.8 Å². The van der Waals surface area contributed by atoms with E-state index >= 15 is 0 Å². The minimum absolute atomic E-state index is 0.0971. The number of unbranched alkanes of at least 4 members (excludes halogenated alkanes) is 1. The fourth-order valence-electron chi connectivity index (χ4n) is 2.54. The second kappa shape index (κ2) is 8.28. The van der Waals surface area contributed by atoms with Gasteiger partial charge in [0.15, 0.2) is 0 Å². The maximum atomic E-state index is 13.0. The molecule has 7 nitrogen and oxygen atoms in total. The van der Waals surface area contributed by atoms with E-state index in [2.05, 4.69) is 14.8 Å². The van der Waals surface area contributed by atoms with Gasteiger partial charge in [0.2, 0.25) is 0 Å². The summed E-state index contributed by atoms with van der Waals surface area (Å²) in [6.45, 7) is 2.54. The van der Waals surface area contributed by atoms with Gasteiger partial charge in [0, 0.05) is 24.0 Å². The Labute approximate surface area is 167 Å². The third kappa shape index (κ3) is 4.42. The molecule has 2 heterocycles. The third-order valence-electron chi connectivity index (χ3n) is 3.88. The molecular formula is C17H19ClN4O3S2. The number of nitrogens with zero attached hydrogens (tertiary/aromatic N) is 1. The van der Waals surface area contributed by atoms with Crippen molar-refractivity contribution in [3.05, 3.63) is 63.9 Å². The molecule has 2 aliphatic rings. The highest BCUT2D eigenvalue weighted by atomic mass is 35.5. The maximum absolute atomic E-state index is 13.0. The van der Waals surface area contributed by atoms with Gasteiger partial charge in [-0.25, -0.2) is 8.42 Å². The first-order valence-electron chi connectivity index (χ1n) is 8.33. The van der Waals surface area contributed by atoms with Gasteiger partial charge in [-0.15, -0.1) is 0 Å². The van der Waals surface area contributed by atoms with E-state index < -0.39 is 10.0 Å². The van der Waals surface area contributed by atoms with Crippen LogP contribution in [0.5, 0.6) is 0 Å². The lowest BCUT2D eigenvalue weighted by Crippen LogP contribution is -2.27. The quantitative estimate of drug-likeness (QED) is 0.457. The van der Waals surface area contributed by atoms with Gasteiger partial charge in [-0.2, -0.15) is 0 Å². The van der Waals surface area contributed by atoms with Crippen LogP contribution in [-0.2, 0) is 10.0 Å². The lowest BCUT2D eigenvalue weighted by Gasteiger charge is -2.21. The van der Waals surface area contributed by atoms with Crippen LogP contribution in [0.3, 0.4) is 0 Å². The van der Waals surface area contributed by atoms with E-state index in [1.807, 2.05) is 6.92 Å². The van der Waals surface area contributed by atoms with E-state index in [1.165, 1.54) is 30.3 Å². The van der Waals surface area contributed by atoms with Gasteiger partial charge in [0.05, 0.1) is 29.1 Å². The number of halogens is 1. The number of amides is 1. The van der Waals surface area contributed by atoms with Gasteiger partial charge >= 0.3 is 0 Å². The monoisotopic (exact) mass is 426 g/mol. The van der Waals surface area contributed by atoms with E-state index in [1.54, 1.807) is 28.8 Å². The molecule has 0 unspecified atom stereocenters. The smallest absolute Gasteiger partial charge is 0.264 e. The highest BCUT2D eigenvalue weighted by molar-refractivity contribution is 7.97. The number of allylic oxidation sites excluding steroid dienone is 2. The van der Waals surface area contributed by atoms with Crippen LogP contribution in [0.15, 0.2) is 53.4 Å². The second-order valence-electron chi connectivity index (χ2n) is 5.84. The first-order chi connectivity index (χ1) is 12.9. The summed E-state index contributed by atoms with van der Waals surface area (Å²) in [5.41, 5.74) is 0.861. The summed E-state index contributed by atoms with van der Waals surface area (Å²) >= 11 is 7.29. The molecule has 27 heavy (non-hydrogen) atoms. The predicted molar refractivity (Wildman–Crippen MR) is 109 cm³/mol. The lowest BCUT2D eigenvalue weighted by atomic mass is 10.1. The Balaban J connectivity index is 1.88. The van der Waals surface area contributed by atoms with Crippen LogP contribution in [0, 0.1) is 0 Å². The predicted octanol–water partition coefficient (Wildman–Crippen LogP) is 3.33. The van der Waals surface area contributed by atoms with Crippen LogP contribution in [0.1, 0.15) is 30.1 Å². The van der Waals surface area contributed by atoms with Crippen molar-refractivity contribution < 1.29 is 13.2 Å².